The monoisotopic (exact) mass is 286 g/mol. The normalized spacial score (nSPS) is 14.2. The standard InChI is InChI=1S/C15H18N4O2/c1-3-19(12-8-11(20)7-4-9(12)2)15(21)14-16-13(17-18-14)10-5-6-10/h4,7-8,10,20H,3,5-6H2,1-2H3,(H,16,17,18). The number of aromatic hydroxyl groups is 1. The van der Waals surface area contributed by atoms with Crippen molar-refractivity contribution in [3.8, 4) is 5.75 Å². The molecular weight excluding hydrogens is 268 g/mol. The molecule has 1 aliphatic rings. The first-order chi connectivity index (χ1) is 10.1. The van der Waals surface area contributed by atoms with Gasteiger partial charge in [-0.05, 0) is 38.3 Å². The van der Waals surface area contributed by atoms with E-state index in [-0.39, 0.29) is 17.5 Å². The lowest BCUT2D eigenvalue weighted by Crippen LogP contribution is -2.32. The largest absolute Gasteiger partial charge is 0.508 e. The van der Waals surface area contributed by atoms with Crippen LogP contribution in [-0.4, -0.2) is 32.7 Å². The number of carbonyl (C=O) groups excluding carboxylic acids is 1. The number of nitrogens with zero attached hydrogens (tertiary/aromatic N) is 3. The molecule has 0 unspecified atom stereocenters. The SMILES string of the molecule is CCN(C(=O)c1n[nH]c(C2CC2)n1)c1cc(O)ccc1C. The quantitative estimate of drug-likeness (QED) is 0.904. The molecule has 1 aromatic heterocycles. The van der Waals surface area contributed by atoms with Crippen LogP contribution in [0.25, 0.3) is 0 Å². The van der Waals surface area contributed by atoms with Crippen LogP contribution < -0.4 is 4.90 Å². The second kappa shape index (κ2) is 5.20. The number of nitrogens with one attached hydrogen (secondary N) is 1. The predicted octanol–water partition coefficient (Wildman–Crippen LogP) is 2.36. The number of phenols is 1. The first kappa shape index (κ1) is 13.6. The third-order valence-electron chi connectivity index (χ3n) is 3.70. The van der Waals surface area contributed by atoms with Crippen molar-refractivity contribution in [2.75, 3.05) is 11.4 Å². The molecule has 0 saturated heterocycles. The van der Waals surface area contributed by atoms with Crippen LogP contribution in [0, 0.1) is 6.92 Å². The molecule has 6 nitrogen and oxygen atoms in total. The number of aromatic amines is 1. The Bertz CT molecular complexity index is 676. The molecule has 0 atom stereocenters. The van der Waals surface area contributed by atoms with E-state index in [9.17, 15) is 9.90 Å². The fourth-order valence-corrected chi connectivity index (χ4v) is 2.34. The first-order valence-electron chi connectivity index (χ1n) is 7.14. The molecule has 1 heterocycles. The van der Waals surface area contributed by atoms with Gasteiger partial charge in [0.2, 0.25) is 5.82 Å². The number of hydrogen-bond donors (Lipinski definition) is 2. The molecular formula is C15H18N4O2. The molecule has 0 bridgehead atoms. The minimum Gasteiger partial charge on any atom is -0.508 e. The lowest BCUT2D eigenvalue weighted by atomic mass is 10.1. The van der Waals surface area contributed by atoms with Crippen LogP contribution in [0.5, 0.6) is 5.75 Å². The molecule has 3 rings (SSSR count). The summed E-state index contributed by atoms with van der Waals surface area (Å²) in [5.41, 5.74) is 1.60. The molecule has 1 fully saturated rings. The molecule has 2 N–H and O–H groups in total. The minimum atomic E-state index is -0.255. The summed E-state index contributed by atoms with van der Waals surface area (Å²) in [6, 6.07) is 4.98. The van der Waals surface area contributed by atoms with Gasteiger partial charge in [0.1, 0.15) is 11.6 Å². The van der Waals surface area contributed by atoms with Crippen LogP contribution in [0.1, 0.15) is 47.7 Å². The Balaban J connectivity index is 1.90. The summed E-state index contributed by atoms with van der Waals surface area (Å²) in [5.74, 6) is 1.28. The van der Waals surface area contributed by atoms with Crippen LogP contribution in [0.4, 0.5) is 5.69 Å². The number of aryl methyl sites for hydroxylation is 1. The van der Waals surface area contributed by atoms with Gasteiger partial charge in [0.15, 0.2) is 0 Å². The van der Waals surface area contributed by atoms with Gasteiger partial charge in [0.25, 0.3) is 5.91 Å². The van der Waals surface area contributed by atoms with Gasteiger partial charge in [-0.15, -0.1) is 5.10 Å². The average molecular weight is 286 g/mol. The number of rotatable bonds is 4. The Morgan fingerprint density at radius 3 is 2.90 bits per heavy atom. The molecule has 6 heteroatoms. The van der Waals surface area contributed by atoms with Crippen molar-refractivity contribution in [2.45, 2.75) is 32.6 Å². The van der Waals surface area contributed by atoms with Crippen LogP contribution in [-0.2, 0) is 0 Å². The number of amides is 1. The number of phenolic OH excluding ortho intramolecular Hbond substituents is 1. The average Bonchev–Trinajstić information content (AvgIpc) is 3.21. The summed E-state index contributed by atoms with van der Waals surface area (Å²) in [4.78, 5) is 18.5. The molecule has 1 saturated carbocycles. The second-order valence-corrected chi connectivity index (χ2v) is 5.34. The highest BCUT2D eigenvalue weighted by Gasteiger charge is 2.29. The zero-order chi connectivity index (χ0) is 15.0. The van der Waals surface area contributed by atoms with Gasteiger partial charge >= 0.3 is 0 Å². The van der Waals surface area contributed by atoms with E-state index in [0.29, 0.717) is 18.2 Å². The van der Waals surface area contributed by atoms with Crippen LogP contribution in [0.3, 0.4) is 0 Å². The third-order valence-corrected chi connectivity index (χ3v) is 3.70. The van der Waals surface area contributed by atoms with E-state index >= 15 is 0 Å². The van der Waals surface area contributed by atoms with E-state index < -0.39 is 0 Å². The van der Waals surface area contributed by atoms with E-state index in [1.54, 1.807) is 23.1 Å². The van der Waals surface area contributed by atoms with Gasteiger partial charge in [-0.25, -0.2) is 4.98 Å². The summed E-state index contributed by atoms with van der Waals surface area (Å²) in [6.45, 7) is 4.27. The second-order valence-electron chi connectivity index (χ2n) is 5.34. The summed E-state index contributed by atoms with van der Waals surface area (Å²) in [6.07, 6.45) is 2.21. The van der Waals surface area contributed by atoms with Crippen molar-refractivity contribution in [1.82, 2.24) is 15.2 Å². The van der Waals surface area contributed by atoms with Crippen molar-refractivity contribution < 1.29 is 9.90 Å². The predicted molar refractivity (Wildman–Crippen MR) is 78.6 cm³/mol. The summed E-state index contributed by atoms with van der Waals surface area (Å²) in [7, 11) is 0. The maximum absolute atomic E-state index is 12.6. The van der Waals surface area contributed by atoms with Crippen LogP contribution >= 0.6 is 0 Å². The molecule has 1 aromatic carbocycles. The number of aromatic nitrogens is 3. The maximum Gasteiger partial charge on any atom is 0.297 e. The molecule has 0 spiro atoms. The smallest absolute Gasteiger partial charge is 0.297 e. The topological polar surface area (TPSA) is 82.1 Å². The Morgan fingerprint density at radius 1 is 1.48 bits per heavy atom. The van der Waals surface area contributed by atoms with E-state index in [1.807, 2.05) is 13.8 Å². The molecule has 1 aliphatic carbocycles. The lowest BCUT2D eigenvalue weighted by Gasteiger charge is -2.21. The number of carbonyl (C=O) groups is 1. The molecule has 0 radical (unpaired) electrons. The van der Waals surface area contributed by atoms with Crippen molar-refractivity contribution in [1.29, 1.82) is 0 Å². The zero-order valence-corrected chi connectivity index (χ0v) is 12.1. The maximum atomic E-state index is 12.6. The fraction of sp³-hybridized carbons (Fsp3) is 0.400. The lowest BCUT2D eigenvalue weighted by molar-refractivity contribution is 0.0978. The van der Waals surface area contributed by atoms with Gasteiger partial charge < -0.3 is 10.0 Å². The minimum absolute atomic E-state index is 0.135. The molecule has 0 aliphatic heterocycles. The highest BCUT2D eigenvalue weighted by molar-refractivity contribution is 6.04. The van der Waals surface area contributed by atoms with E-state index in [1.165, 1.54) is 0 Å². The first-order valence-corrected chi connectivity index (χ1v) is 7.14. The van der Waals surface area contributed by atoms with Gasteiger partial charge in [-0.2, -0.15) is 0 Å². The van der Waals surface area contributed by atoms with Crippen LogP contribution in [0.15, 0.2) is 18.2 Å². The van der Waals surface area contributed by atoms with E-state index in [2.05, 4.69) is 15.2 Å². The van der Waals surface area contributed by atoms with Crippen molar-refractivity contribution >= 4 is 11.6 Å². The Labute approximate surface area is 122 Å². The Morgan fingerprint density at radius 2 is 2.24 bits per heavy atom. The van der Waals surface area contributed by atoms with Crippen molar-refractivity contribution in [2.24, 2.45) is 0 Å². The van der Waals surface area contributed by atoms with Crippen LogP contribution in [0.2, 0.25) is 0 Å². The van der Waals surface area contributed by atoms with Gasteiger partial charge in [-0.3, -0.25) is 9.89 Å². The van der Waals surface area contributed by atoms with Crippen molar-refractivity contribution in [3.63, 3.8) is 0 Å². The van der Waals surface area contributed by atoms with Gasteiger partial charge in [0, 0.05) is 18.5 Å². The van der Waals surface area contributed by atoms with Crippen molar-refractivity contribution in [3.05, 3.63) is 35.4 Å². The molecule has 21 heavy (non-hydrogen) atoms. The number of H-pyrrole nitrogens is 1. The number of benzene rings is 1. The third kappa shape index (κ3) is 2.61. The van der Waals surface area contributed by atoms with E-state index in [4.69, 9.17) is 0 Å². The molecule has 2 aromatic rings. The number of hydrogen-bond acceptors (Lipinski definition) is 4. The molecule has 1 amide bonds. The summed E-state index contributed by atoms with van der Waals surface area (Å²) >= 11 is 0. The highest BCUT2D eigenvalue weighted by Crippen LogP contribution is 2.37. The summed E-state index contributed by atoms with van der Waals surface area (Å²) in [5, 5.41) is 16.5. The highest BCUT2D eigenvalue weighted by atomic mass is 16.3. The fourth-order valence-electron chi connectivity index (χ4n) is 2.34. The van der Waals surface area contributed by atoms with Gasteiger partial charge in [-0.1, -0.05) is 6.07 Å². The summed E-state index contributed by atoms with van der Waals surface area (Å²) < 4.78 is 0. The van der Waals surface area contributed by atoms with E-state index in [0.717, 1.165) is 24.2 Å². The van der Waals surface area contributed by atoms with Gasteiger partial charge in [0.05, 0.1) is 5.69 Å². The zero-order valence-electron chi connectivity index (χ0n) is 12.1. The number of anilines is 1. The Kier molecular flexibility index (Phi) is 3.37. The molecule has 110 valence electrons. The Hall–Kier alpha value is -2.37.